The average Bonchev–Trinajstić information content (AvgIpc) is 2.90. The Labute approximate surface area is 210 Å². The van der Waals surface area contributed by atoms with Crippen LogP contribution in [0.5, 0.6) is 11.5 Å². The van der Waals surface area contributed by atoms with E-state index in [2.05, 4.69) is 5.32 Å². The van der Waals surface area contributed by atoms with Crippen LogP contribution in [0.1, 0.15) is 16.7 Å². The minimum absolute atomic E-state index is 0.000510. The number of rotatable bonds is 9. The van der Waals surface area contributed by atoms with Gasteiger partial charge in [-0.15, -0.1) is 0 Å². The third-order valence-corrected chi connectivity index (χ3v) is 8.13. The largest absolute Gasteiger partial charge is 0.493 e. The molecule has 3 aromatic carbocycles. The second-order valence-electron chi connectivity index (χ2n) is 8.51. The van der Waals surface area contributed by atoms with Gasteiger partial charge < -0.3 is 19.6 Å². The molecule has 0 aromatic heterocycles. The number of fused-ring (bicyclic) bond motifs is 1. The van der Waals surface area contributed by atoms with Crippen molar-refractivity contribution < 1.29 is 27.5 Å². The van der Waals surface area contributed by atoms with Crippen molar-refractivity contribution in [2.75, 3.05) is 14.2 Å². The molecule has 1 heterocycles. The molecule has 1 amide bonds. The standard InChI is InChI=1S/C27H28N2O6S/c1-34-24-15-21-14-23(27(31)28-22(18-30)13-19-9-5-3-6-10-19)29(17-20-11-7-4-8-12-20)36(32,33)26(21)16-25(24)35-2/h3-12,15-16,18,22-23H,13-14,17H2,1-2H3,(H,28,31)/t22-,23-/m0/s1. The van der Waals surface area contributed by atoms with E-state index in [0.29, 0.717) is 24.0 Å². The zero-order chi connectivity index (χ0) is 25.7. The summed E-state index contributed by atoms with van der Waals surface area (Å²) in [5, 5.41) is 2.75. The summed E-state index contributed by atoms with van der Waals surface area (Å²) in [6.45, 7) is -0.000510. The zero-order valence-corrected chi connectivity index (χ0v) is 20.9. The first kappa shape index (κ1) is 25.4. The summed E-state index contributed by atoms with van der Waals surface area (Å²) in [4.78, 5) is 25.4. The van der Waals surface area contributed by atoms with E-state index in [4.69, 9.17) is 9.47 Å². The van der Waals surface area contributed by atoms with Gasteiger partial charge >= 0.3 is 0 Å². The second-order valence-corrected chi connectivity index (χ2v) is 10.4. The van der Waals surface area contributed by atoms with Gasteiger partial charge in [0.1, 0.15) is 12.3 Å². The molecule has 36 heavy (non-hydrogen) atoms. The first-order chi connectivity index (χ1) is 17.4. The lowest BCUT2D eigenvalue weighted by Gasteiger charge is -2.36. The van der Waals surface area contributed by atoms with E-state index in [1.54, 1.807) is 18.2 Å². The molecule has 3 aromatic rings. The molecule has 4 rings (SSSR count). The van der Waals surface area contributed by atoms with E-state index in [1.165, 1.54) is 24.6 Å². The molecule has 2 atom stereocenters. The predicted molar refractivity (Wildman–Crippen MR) is 134 cm³/mol. The van der Waals surface area contributed by atoms with Crippen LogP contribution >= 0.6 is 0 Å². The number of benzene rings is 3. The van der Waals surface area contributed by atoms with Gasteiger partial charge in [-0.05, 0) is 35.6 Å². The number of nitrogens with zero attached hydrogens (tertiary/aromatic N) is 1. The topological polar surface area (TPSA) is 102 Å². The Kier molecular flexibility index (Phi) is 7.71. The second kappa shape index (κ2) is 10.9. The van der Waals surface area contributed by atoms with Gasteiger partial charge in [0.25, 0.3) is 0 Å². The molecule has 0 radical (unpaired) electrons. The molecule has 9 heteroatoms. The van der Waals surface area contributed by atoms with Gasteiger partial charge in [0, 0.05) is 12.6 Å². The molecular formula is C27H28N2O6S. The van der Waals surface area contributed by atoms with Crippen molar-refractivity contribution in [1.29, 1.82) is 0 Å². The third kappa shape index (κ3) is 5.27. The summed E-state index contributed by atoms with van der Waals surface area (Å²) >= 11 is 0. The molecule has 1 aliphatic heterocycles. The highest BCUT2D eigenvalue weighted by molar-refractivity contribution is 7.89. The fraction of sp³-hybridized carbons (Fsp3) is 0.259. The Balaban J connectivity index is 1.70. The van der Waals surface area contributed by atoms with Crippen molar-refractivity contribution in [3.63, 3.8) is 0 Å². The fourth-order valence-electron chi connectivity index (χ4n) is 4.37. The molecule has 188 valence electrons. The highest BCUT2D eigenvalue weighted by Crippen LogP contribution is 2.39. The summed E-state index contributed by atoms with van der Waals surface area (Å²) in [5.41, 5.74) is 2.07. The summed E-state index contributed by atoms with van der Waals surface area (Å²) in [5.74, 6) is 0.117. The molecule has 1 aliphatic rings. The van der Waals surface area contributed by atoms with Crippen LogP contribution in [-0.4, -0.2) is 51.2 Å². The minimum atomic E-state index is -4.09. The van der Waals surface area contributed by atoms with E-state index in [1.807, 2.05) is 48.5 Å². The number of carbonyl (C=O) groups excluding carboxylic acids is 2. The number of aldehydes is 1. The molecule has 0 aliphatic carbocycles. The van der Waals surface area contributed by atoms with Crippen molar-refractivity contribution >= 4 is 22.2 Å². The van der Waals surface area contributed by atoms with Crippen LogP contribution in [0.25, 0.3) is 0 Å². The molecular weight excluding hydrogens is 480 g/mol. The van der Waals surface area contributed by atoms with Crippen LogP contribution in [0.3, 0.4) is 0 Å². The Bertz CT molecular complexity index is 1330. The fourth-order valence-corrected chi connectivity index (χ4v) is 6.17. The Morgan fingerprint density at radius 3 is 2.17 bits per heavy atom. The Morgan fingerprint density at radius 1 is 1.00 bits per heavy atom. The van der Waals surface area contributed by atoms with Crippen LogP contribution in [-0.2, 0) is 39.0 Å². The molecule has 0 unspecified atom stereocenters. The average molecular weight is 509 g/mol. The van der Waals surface area contributed by atoms with E-state index in [0.717, 1.165) is 11.1 Å². The number of ether oxygens (including phenoxy) is 2. The van der Waals surface area contributed by atoms with Gasteiger partial charge in [-0.25, -0.2) is 8.42 Å². The van der Waals surface area contributed by atoms with Gasteiger partial charge in [0.05, 0.1) is 25.2 Å². The van der Waals surface area contributed by atoms with Crippen LogP contribution < -0.4 is 14.8 Å². The van der Waals surface area contributed by atoms with Crippen LogP contribution in [0.4, 0.5) is 0 Å². The first-order valence-corrected chi connectivity index (χ1v) is 12.9. The number of methoxy groups -OCH3 is 2. The molecule has 0 fully saturated rings. The summed E-state index contributed by atoms with van der Waals surface area (Å²) < 4.78 is 39.5. The highest BCUT2D eigenvalue weighted by Gasteiger charge is 2.43. The zero-order valence-electron chi connectivity index (χ0n) is 20.1. The quantitative estimate of drug-likeness (QED) is 0.446. The van der Waals surface area contributed by atoms with E-state index in [-0.39, 0.29) is 23.6 Å². The van der Waals surface area contributed by atoms with Crippen molar-refractivity contribution in [2.24, 2.45) is 0 Å². The summed E-state index contributed by atoms with van der Waals surface area (Å²) in [7, 11) is -1.19. The lowest BCUT2D eigenvalue weighted by Crippen LogP contribution is -2.55. The SMILES string of the molecule is COc1cc2c(cc1OC)S(=O)(=O)N(Cc1ccccc1)[C@H](C(=O)N[C@H](C=O)Cc1ccccc1)C2. The molecule has 1 N–H and O–H groups in total. The summed E-state index contributed by atoms with van der Waals surface area (Å²) in [6, 6.07) is 19.5. The molecule has 8 nitrogen and oxygen atoms in total. The maximum atomic E-state index is 13.8. The van der Waals surface area contributed by atoms with Crippen molar-refractivity contribution in [2.45, 2.75) is 36.4 Å². The first-order valence-electron chi connectivity index (χ1n) is 11.5. The van der Waals surface area contributed by atoms with Gasteiger partial charge in [0.15, 0.2) is 11.5 Å². The molecule has 0 saturated heterocycles. The van der Waals surface area contributed by atoms with E-state index < -0.39 is 28.0 Å². The van der Waals surface area contributed by atoms with Crippen molar-refractivity contribution in [3.05, 3.63) is 89.5 Å². The van der Waals surface area contributed by atoms with Crippen LogP contribution in [0.2, 0.25) is 0 Å². The van der Waals surface area contributed by atoms with E-state index >= 15 is 0 Å². The third-order valence-electron chi connectivity index (χ3n) is 6.19. The van der Waals surface area contributed by atoms with Crippen LogP contribution in [0, 0.1) is 0 Å². The Hall–Kier alpha value is -3.69. The minimum Gasteiger partial charge on any atom is -0.493 e. The lowest BCUT2D eigenvalue weighted by molar-refractivity contribution is -0.127. The van der Waals surface area contributed by atoms with E-state index in [9.17, 15) is 18.0 Å². The maximum Gasteiger partial charge on any atom is 0.244 e. The van der Waals surface area contributed by atoms with Gasteiger partial charge in [0.2, 0.25) is 15.9 Å². The number of carbonyl (C=O) groups is 2. The smallest absolute Gasteiger partial charge is 0.244 e. The normalized spacial score (nSPS) is 17.4. The van der Waals surface area contributed by atoms with Crippen molar-refractivity contribution in [3.8, 4) is 11.5 Å². The molecule has 0 bridgehead atoms. The Morgan fingerprint density at radius 2 is 1.58 bits per heavy atom. The molecule has 0 spiro atoms. The lowest BCUT2D eigenvalue weighted by atomic mass is 10.0. The molecule has 0 saturated carbocycles. The number of hydrogen-bond donors (Lipinski definition) is 1. The highest BCUT2D eigenvalue weighted by atomic mass is 32.2. The van der Waals surface area contributed by atoms with Crippen LogP contribution in [0.15, 0.2) is 77.7 Å². The number of hydrogen-bond acceptors (Lipinski definition) is 6. The summed E-state index contributed by atoms with van der Waals surface area (Å²) in [6.07, 6.45) is 1.09. The van der Waals surface area contributed by atoms with Gasteiger partial charge in [-0.1, -0.05) is 60.7 Å². The number of nitrogens with one attached hydrogen (secondary N) is 1. The predicted octanol–water partition coefficient (Wildman–Crippen LogP) is 2.75. The van der Waals surface area contributed by atoms with Crippen molar-refractivity contribution in [1.82, 2.24) is 9.62 Å². The van der Waals surface area contributed by atoms with Gasteiger partial charge in [-0.2, -0.15) is 4.31 Å². The number of amides is 1. The maximum absolute atomic E-state index is 13.8. The van der Waals surface area contributed by atoms with Gasteiger partial charge in [-0.3, -0.25) is 4.79 Å². The number of sulfonamides is 1. The monoisotopic (exact) mass is 508 g/mol.